The number of likely N-dealkylation sites (tertiary alicyclic amines) is 1. The summed E-state index contributed by atoms with van der Waals surface area (Å²) < 4.78 is 5.19. The molecule has 7 heteroatoms. The summed E-state index contributed by atoms with van der Waals surface area (Å²) in [6.45, 7) is 1.43. The molecule has 0 unspecified atom stereocenters. The lowest BCUT2D eigenvalue weighted by atomic mass is 9.98. The van der Waals surface area contributed by atoms with Crippen LogP contribution < -0.4 is 0 Å². The van der Waals surface area contributed by atoms with E-state index in [0.29, 0.717) is 18.7 Å². The van der Waals surface area contributed by atoms with Crippen LogP contribution in [0.2, 0.25) is 0 Å². The van der Waals surface area contributed by atoms with E-state index in [9.17, 15) is 14.9 Å². The molecule has 0 bridgehead atoms. The van der Waals surface area contributed by atoms with Gasteiger partial charge in [-0.3, -0.25) is 10.1 Å². The third-order valence-corrected chi connectivity index (χ3v) is 3.64. The number of rotatable bonds is 4. The summed E-state index contributed by atoms with van der Waals surface area (Å²) in [7, 11) is 0. The average Bonchev–Trinajstić information content (AvgIpc) is 2.53. The largest absolute Gasteiger partial charge is 0.445 e. The topological polar surface area (TPSA) is 92.9 Å². The number of piperidine rings is 1. The lowest BCUT2D eigenvalue weighted by Crippen LogP contribution is -2.39. The molecular formula is C14H18N2O5. The van der Waals surface area contributed by atoms with E-state index in [4.69, 9.17) is 9.84 Å². The maximum Gasteiger partial charge on any atom is 0.410 e. The number of aliphatic hydroxyl groups is 1. The number of hydrogen-bond acceptors (Lipinski definition) is 5. The van der Waals surface area contributed by atoms with Crippen LogP contribution in [-0.2, 0) is 11.3 Å². The highest BCUT2D eigenvalue weighted by atomic mass is 16.6. The van der Waals surface area contributed by atoms with Gasteiger partial charge in [0.1, 0.15) is 6.61 Å². The molecule has 7 nitrogen and oxygen atoms in total. The third kappa shape index (κ3) is 4.16. The molecule has 1 aliphatic heterocycles. The molecule has 114 valence electrons. The monoisotopic (exact) mass is 294 g/mol. The molecule has 1 heterocycles. The number of carbonyl (C=O) groups excluding carboxylic acids is 1. The van der Waals surface area contributed by atoms with E-state index in [-0.39, 0.29) is 30.9 Å². The number of non-ortho nitro benzene ring substituents is 1. The Morgan fingerprint density at radius 1 is 1.33 bits per heavy atom. The van der Waals surface area contributed by atoms with Crippen LogP contribution in [0.25, 0.3) is 0 Å². The van der Waals surface area contributed by atoms with Gasteiger partial charge in [-0.2, -0.15) is 0 Å². The molecule has 0 spiro atoms. The predicted molar refractivity (Wildman–Crippen MR) is 74.7 cm³/mol. The number of nitro benzene ring substituents is 1. The van der Waals surface area contributed by atoms with Crippen molar-refractivity contribution < 1.29 is 19.6 Å². The first kappa shape index (κ1) is 15.2. The summed E-state index contributed by atoms with van der Waals surface area (Å²) in [6, 6.07) is 5.92. The molecule has 1 aliphatic rings. The highest BCUT2D eigenvalue weighted by Gasteiger charge is 2.23. The fourth-order valence-corrected chi connectivity index (χ4v) is 2.25. The van der Waals surface area contributed by atoms with Gasteiger partial charge in [0, 0.05) is 31.8 Å². The van der Waals surface area contributed by atoms with E-state index in [1.807, 2.05) is 0 Å². The molecule has 21 heavy (non-hydrogen) atoms. The average molecular weight is 294 g/mol. The molecule has 0 radical (unpaired) electrons. The number of hydrogen-bond donors (Lipinski definition) is 1. The number of carbonyl (C=O) groups is 1. The van der Waals surface area contributed by atoms with Gasteiger partial charge in [0.2, 0.25) is 0 Å². The minimum absolute atomic E-state index is 0.0103. The van der Waals surface area contributed by atoms with Crippen molar-refractivity contribution in [3.63, 3.8) is 0 Å². The second kappa shape index (κ2) is 7.03. The Morgan fingerprint density at radius 3 is 2.48 bits per heavy atom. The molecule has 0 atom stereocenters. The third-order valence-electron chi connectivity index (χ3n) is 3.64. The minimum atomic E-state index is -0.471. The molecule has 1 N–H and O–H groups in total. The normalized spacial score (nSPS) is 15.8. The molecule has 1 saturated heterocycles. The van der Waals surface area contributed by atoms with Crippen molar-refractivity contribution >= 4 is 11.8 Å². The first-order valence-electron chi connectivity index (χ1n) is 6.86. The Labute approximate surface area is 122 Å². The Kier molecular flexibility index (Phi) is 5.10. The van der Waals surface area contributed by atoms with Crippen LogP contribution in [0.15, 0.2) is 24.3 Å². The smallest absolute Gasteiger partial charge is 0.410 e. The maximum atomic E-state index is 11.9. The van der Waals surface area contributed by atoms with E-state index in [1.54, 1.807) is 17.0 Å². The number of aliphatic hydroxyl groups excluding tert-OH is 1. The fraction of sp³-hybridized carbons (Fsp3) is 0.500. The zero-order valence-electron chi connectivity index (χ0n) is 11.6. The number of benzene rings is 1. The van der Waals surface area contributed by atoms with E-state index in [1.165, 1.54) is 12.1 Å². The second-order valence-corrected chi connectivity index (χ2v) is 5.09. The number of amides is 1. The maximum absolute atomic E-state index is 11.9. The van der Waals surface area contributed by atoms with E-state index in [2.05, 4.69) is 0 Å². The molecule has 1 aromatic carbocycles. The van der Waals surface area contributed by atoms with E-state index < -0.39 is 4.92 Å². The van der Waals surface area contributed by atoms with Crippen molar-refractivity contribution in [1.29, 1.82) is 0 Å². The summed E-state index contributed by atoms with van der Waals surface area (Å²) >= 11 is 0. The molecule has 1 aromatic rings. The van der Waals surface area contributed by atoms with Crippen molar-refractivity contribution in [3.8, 4) is 0 Å². The second-order valence-electron chi connectivity index (χ2n) is 5.09. The molecule has 1 fully saturated rings. The van der Waals surface area contributed by atoms with Crippen LogP contribution >= 0.6 is 0 Å². The van der Waals surface area contributed by atoms with Crippen molar-refractivity contribution in [2.45, 2.75) is 19.4 Å². The van der Waals surface area contributed by atoms with Gasteiger partial charge in [0.05, 0.1) is 4.92 Å². The van der Waals surface area contributed by atoms with Crippen LogP contribution in [0.1, 0.15) is 18.4 Å². The zero-order chi connectivity index (χ0) is 15.2. The van der Waals surface area contributed by atoms with Crippen molar-refractivity contribution in [2.24, 2.45) is 5.92 Å². The van der Waals surface area contributed by atoms with Gasteiger partial charge in [0.25, 0.3) is 5.69 Å². The van der Waals surface area contributed by atoms with Crippen molar-refractivity contribution in [1.82, 2.24) is 4.90 Å². The van der Waals surface area contributed by atoms with Crippen LogP contribution in [-0.4, -0.2) is 40.7 Å². The highest BCUT2D eigenvalue weighted by molar-refractivity contribution is 5.67. The summed E-state index contributed by atoms with van der Waals surface area (Å²) in [5.74, 6) is 0.267. The summed E-state index contributed by atoms with van der Waals surface area (Å²) in [5, 5.41) is 19.6. The van der Waals surface area contributed by atoms with Crippen LogP contribution in [0.5, 0.6) is 0 Å². The first-order valence-corrected chi connectivity index (χ1v) is 6.86. The number of nitrogens with zero attached hydrogens (tertiary/aromatic N) is 2. The zero-order valence-corrected chi connectivity index (χ0v) is 11.6. The number of ether oxygens (including phenoxy) is 1. The van der Waals surface area contributed by atoms with E-state index in [0.717, 1.165) is 12.8 Å². The van der Waals surface area contributed by atoms with Gasteiger partial charge in [-0.1, -0.05) is 0 Å². The Bertz CT molecular complexity index is 495. The molecule has 2 rings (SSSR count). The lowest BCUT2D eigenvalue weighted by molar-refractivity contribution is -0.384. The van der Waals surface area contributed by atoms with Crippen LogP contribution in [0, 0.1) is 16.0 Å². The Hall–Kier alpha value is -2.15. The van der Waals surface area contributed by atoms with Gasteiger partial charge >= 0.3 is 6.09 Å². The molecule has 0 saturated carbocycles. The van der Waals surface area contributed by atoms with Gasteiger partial charge < -0.3 is 14.7 Å². The van der Waals surface area contributed by atoms with Gasteiger partial charge in [0.15, 0.2) is 0 Å². The Balaban J connectivity index is 1.80. The lowest BCUT2D eigenvalue weighted by Gasteiger charge is -2.30. The van der Waals surface area contributed by atoms with Crippen molar-refractivity contribution in [2.75, 3.05) is 19.7 Å². The molecule has 0 aromatic heterocycles. The highest BCUT2D eigenvalue weighted by Crippen LogP contribution is 2.18. The van der Waals surface area contributed by atoms with Crippen LogP contribution in [0.4, 0.5) is 10.5 Å². The van der Waals surface area contributed by atoms with Gasteiger partial charge in [-0.15, -0.1) is 0 Å². The first-order chi connectivity index (χ1) is 10.1. The summed E-state index contributed by atoms with van der Waals surface area (Å²) in [6.07, 6.45) is 1.18. The van der Waals surface area contributed by atoms with Crippen molar-refractivity contribution in [3.05, 3.63) is 39.9 Å². The SMILES string of the molecule is O=C(OCc1ccc([N+](=O)[O-])cc1)N1CCC(CO)CC1. The quantitative estimate of drug-likeness (QED) is 0.676. The minimum Gasteiger partial charge on any atom is -0.445 e. The Morgan fingerprint density at radius 2 is 1.95 bits per heavy atom. The summed E-state index contributed by atoms with van der Waals surface area (Å²) in [4.78, 5) is 23.6. The molecule has 0 aliphatic carbocycles. The standard InChI is InChI=1S/C14H18N2O5/c17-9-11-5-7-15(8-6-11)14(18)21-10-12-1-3-13(4-2-12)16(19)20/h1-4,11,17H,5-10H2. The molecule has 1 amide bonds. The van der Waals surface area contributed by atoms with E-state index >= 15 is 0 Å². The summed E-state index contributed by atoms with van der Waals surface area (Å²) in [5.41, 5.74) is 0.718. The molecular weight excluding hydrogens is 276 g/mol. The van der Waals surface area contributed by atoms with Gasteiger partial charge in [-0.05, 0) is 36.5 Å². The predicted octanol–water partition coefficient (Wildman–Crippen LogP) is 1.94. The van der Waals surface area contributed by atoms with Gasteiger partial charge in [-0.25, -0.2) is 4.79 Å². The number of nitro groups is 1. The fourth-order valence-electron chi connectivity index (χ4n) is 2.25. The van der Waals surface area contributed by atoms with Crippen LogP contribution in [0.3, 0.4) is 0 Å².